The van der Waals surface area contributed by atoms with Crippen LogP contribution in [0.4, 0.5) is 0 Å². The Morgan fingerprint density at radius 1 is 1.54 bits per heavy atom. The summed E-state index contributed by atoms with van der Waals surface area (Å²) in [4.78, 5) is 11.6. The molecule has 1 unspecified atom stereocenters. The number of carbonyl (C=O) groups is 1. The number of thiol groups is 1. The van der Waals surface area contributed by atoms with E-state index in [1.54, 1.807) is 0 Å². The van der Waals surface area contributed by atoms with Crippen molar-refractivity contribution in [3.05, 3.63) is 0 Å². The highest BCUT2D eigenvalue weighted by molar-refractivity contribution is 8.67. The molecular weight excluding hydrogens is 204 g/mol. The van der Waals surface area contributed by atoms with Crippen molar-refractivity contribution in [3.8, 4) is 0 Å². The Morgan fingerprint density at radius 2 is 2.38 bits per heavy atom. The lowest BCUT2D eigenvalue weighted by molar-refractivity contribution is -0.129. The van der Waals surface area contributed by atoms with E-state index >= 15 is 0 Å². The van der Waals surface area contributed by atoms with Crippen LogP contribution < -0.4 is 5.32 Å². The summed E-state index contributed by atoms with van der Waals surface area (Å²) in [6.07, 6.45) is 3.15. The van der Waals surface area contributed by atoms with Gasteiger partial charge in [0.05, 0.1) is 5.41 Å². The fourth-order valence-electron chi connectivity index (χ4n) is 2.26. The zero-order chi connectivity index (χ0) is 9.31. The highest BCUT2D eigenvalue weighted by Gasteiger charge is 2.45. The molecule has 2 aliphatic heterocycles. The first-order chi connectivity index (χ1) is 6.27. The van der Waals surface area contributed by atoms with E-state index in [-0.39, 0.29) is 11.3 Å². The summed E-state index contributed by atoms with van der Waals surface area (Å²) in [7, 11) is 1.46. The van der Waals surface area contributed by atoms with Crippen LogP contribution in [0.1, 0.15) is 19.3 Å². The van der Waals surface area contributed by atoms with Crippen molar-refractivity contribution in [1.82, 2.24) is 9.62 Å². The molecule has 1 spiro atoms. The van der Waals surface area contributed by atoms with Crippen molar-refractivity contribution in [3.63, 3.8) is 0 Å². The second-order valence-corrected chi connectivity index (χ2v) is 5.00. The van der Waals surface area contributed by atoms with E-state index in [4.69, 9.17) is 0 Å². The topological polar surface area (TPSA) is 32.3 Å². The molecule has 0 aromatic heterocycles. The number of amides is 1. The number of rotatable bonds is 1. The Balaban J connectivity index is 2.09. The van der Waals surface area contributed by atoms with Crippen molar-refractivity contribution >= 4 is 28.5 Å². The number of carbonyl (C=O) groups excluding carboxylic acids is 1. The normalized spacial score (nSPS) is 35.3. The van der Waals surface area contributed by atoms with Gasteiger partial charge in [0.2, 0.25) is 5.91 Å². The average Bonchev–Trinajstić information content (AvgIpc) is 2.48. The van der Waals surface area contributed by atoms with Gasteiger partial charge < -0.3 is 5.32 Å². The molecule has 13 heavy (non-hydrogen) atoms. The van der Waals surface area contributed by atoms with Crippen LogP contribution in [0.3, 0.4) is 0 Å². The second-order valence-electron chi connectivity index (χ2n) is 3.83. The summed E-state index contributed by atoms with van der Waals surface area (Å²) in [6.45, 7) is 2.78. The van der Waals surface area contributed by atoms with Crippen LogP contribution in [0, 0.1) is 5.41 Å². The zero-order valence-corrected chi connectivity index (χ0v) is 9.16. The van der Waals surface area contributed by atoms with Crippen molar-refractivity contribution in [2.75, 3.05) is 19.6 Å². The molecule has 0 aromatic carbocycles. The van der Waals surface area contributed by atoms with Gasteiger partial charge in [-0.05, 0) is 30.2 Å². The van der Waals surface area contributed by atoms with Crippen molar-refractivity contribution in [1.29, 1.82) is 0 Å². The molecule has 0 aromatic rings. The van der Waals surface area contributed by atoms with Gasteiger partial charge >= 0.3 is 0 Å². The maximum Gasteiger partial charge on any atom is 0.227 e. The van der Waals surface area contributed by atoms with Crippen molar-refractivity contribution in [2.45, 2.75) is 19.3 Å². The summed E-state index contributed by atoms with van der Waals surface area (Å²) in [6, 6.07) is 0. The zero-order valence-electron chi connectivity index (χ0n) is 7.45. The summed E-state index contributed by atoms with van der Waals surface area (Å²) in [5.41, 5.74) is -0.0893. The standard InChI is InChI=1S/C8H14N2OS2/c11-7-8(3-4-9-7)2-1-5-10(6-8)13-12/h12H,1-6H2,(H,9,11). The lowest BCUT2D eigenvalue weighted by atomic mass is 9.79. The van der Waals surface area contributed by atoms with Gasteiger partial charge in [-0.2, -0.15) is 0 Å². The number of hydrogen-bond acceptors (Lipinski definition) is 4. The summed E-state index contributed by atoms with van der Waals surface area (Å²) in [5.74, 6) is 0.250. The fourth-order valence-corrected chi connectivity index (χ4v) is 3.20. The summed E-state index contributed by atoms with van der Waals surface area (Å²) in [5, 5.41) is 2.92. The Labute approximate surface area is 87.6 Å². The molecular formula is C8H14N2OS2. The number of piperidine rings is 1. The summed E-state index contributed by atoms with van der Waals surface area (Å²) >= 11 is 4.18. The lowest BCUT2D eigenvalue weighted by Gasteiger charge is -2.36. The number of hydrogen-bond donors (Lipinski definition) is 2. The van der Waals surface area contributed by atoms with E-state index in [0.29, 0.717) is 0 Å². The van der Waals surface area contributed by atoms with E-state index in [9.17, 15) is 4.79 Å². The predicted molar refractivity (Wildman–Crippen MR) is 57.4 cm³/mol. The van der Waals surface area contributed by atoms with Gasteiger partial charge in [-0.1, -0.05) is 11.7 Å². The van der Waals surface area contributed by atoms with Gasteiger partial charge in [-0.25, -0.2) is 4.31 Å². The molecule has 3 nitrogen and oxygen atoms in total. The van der Waals surface area contributed by atoms with Gasteiger partial charge in [-0.15, -0.1) is 0 Å². The van der Waals surface area contributed by atoms with E-state index in [1.807, 2.05) is 0 Å². The second kappa shape index (κ2) is 3.71. The van der Waals surface area contributed by atoms with Crippen LogP contribution >= 0.6 is 22.6 Å². The molecule has 0 aliphatic carbocycles. The maximum absolute atomic E-state index is 11.6. The van der Waals surface area contributed by atoms with Gasteiger partial charge in [0, 0.05) is 19.6 Å². The van der Waals surface area contributed by atoms with Crippen LogP contribution in [-0.2, 0) is 4.79 Å². The molecule has 74 valence electrons. The van der Waals surface area contributed by atoms with Crippen LogP contribution in [0.15, 0.2) is 0 Å². The van der Waals surface area contributed by atoms with E-state index < -0.39 is 0 Å². The average molecular weight is 218 g/mol. The van der Waals surface area contributed by atoms with Crippen LogP contribution in [-0.4, -0.2) is 29.8 Å². The minimum absolute atomic E-state index is 0.0893. The molecule has 2 heterocycles. The molecule has 1 N–H and O–H groups in total. The maximum atomic E-state index is 11.6. The van der Waals surface area contributed by atoms with E-state index in [0.717, 1.165) is 38.9 Å². The van der Waals surface area contributed by atoms with Crippen LogP contribution in [0.2, 0.25) is 0 Å². The molecule has 2 rings (SSSR count). The van der Waals surface area contributed by atoms with Gasteiger partial charge in [0.1, 0.15) is 0 Å². The Hall–Kier alpha value is 0.130. The van der Waals surface area contributed by atoms with Crippen LogP contribution in [0.25, 0.3) is 0 Å². The highest BCUT2D eigenvalue weighted by atomic mass is 33.1. The molecule has 1 atom stereocenters. The first-order valence-corrected chi connectivity index (χ1v) is 6.44. The predicted octanol–water partition coefficient (Wildman–Crippen LogP) is 1.08. The van der Waals surface area contributed by atoms with Gasteiger partial charge in [0.25, 0.3) is 0 Å². The molecule has 2 aliphatic rings. The van der Waals surface area contributed by atoms with Crippen molar-refractivity contribution < 1.29 is 4.79 Å². The SMILES string of the molecule is O=C1NCCC12CCCN(SS)C2. The minimum atomic E-state index is -0.0893. The highest BCUT2D eigenvalue weighted by Crippen LogP contribution is 2.38. The molecule has 1 amide bonds. The van der Waals surface area contributed by atoms with Gasteiger partial charge in [0.15, 0.2) is 0 Å². The summed E-state index contributed by atoms with van der Waals surface area (Å²) < 4.78 is 2.18. The Morgan fingerprint density at radius 3 is 3.00 bits per heavy atom. The minimum Gasteiger partial charge on any atom is -0.356 e. The third-order valence-corrected chi connectivity index (χ3v) is 4.26. The molecule has 0 bridgehead atoms. The van der Waals surface area contributed by atoms with Crippen LogP contribution in [0.5, 0.6) is 0 Å². The van der Waals surface area contributed by atoms with Crippen molar-refractivity contribution in [2.24, 2.45) is 5.41 Å². The first-order valence-electron chi connectivity index (χ1n) is 4.62. The van der Waals surface area contributed by atoms with E-state index in [1.165, 1.54) is 11.0 Å². The fraction of sp³-hybridized carbons (Fsp3) is 0.875. The first kappa shape index (κ1) is 9.68. The molecule has 0 radical (unpaired) electrons. The third kappa shape index (κ3) is 1.69. The smallest absolute Gasteiger partial charge is 0.227 e. The lowest BCUT2D eigenvalue weighted by Crippen LogP contribution is -2.44. The largest absolute Gasteiger partial charge is 0.356 e. The monoisotopic (exact) mass is 218 g/mol. The number of nitrogens with zero attached hydrogens (tertiary/aromatic N) is 1. The quantitative estimate of drug-likeness (QED) is 0.392. The molecule has 2 saturated heterocycles. The van der Waals surface area contributed by atoms with E-state index in [2.05, 4.69) is 21.3 Å². The van der Waals surface area contributed by atoms with Gasteiger partial charge in [-0.3, -0.25) is 4.79 Å². The molecule has 0 saturated carbocycles. The molecule has 2 fully saturated rings. The number of nitrogens with one attached hydrogen (secondary N) is 1. The Kier molecular flexibility index (Phi) is 2.76. The third-order valence-electron chi connectivity index (χ3n) is 3.03. The molecule has 5 heteroatoms. The Bertz CT molecular complexity index is 224.